The Kier molecular flexibility index (Phi) is 3.94. The molecule has 0 atom stereocenters. The maximum absolute atomic E-state index is 12.5. The van der Waals surface area contributed by atoms with Gasteiger partial charge < -0.3 is 4.42 Å². The molecule has 0 bridgehead atoms. The van der Waals surface area contributed by atoms with Gasteiger partial charge in [-0.3, -0.25) is 20.1 Å². The smallest absolute Gasteiger partial charge is 0.302 e. The fourth-order valence-electron chi connectivity index (χ4n) is 2.42. The molecule has 4 heterocycles. The summed E-state index contributed by atoms with van der Waals surface area (Å²) in [6.45, 7) is 1.92. The fourth-order valence-corrected chi connectivity index (χ4v) is 2.42. The number of pyridine rings is 2. The molecule has 0 saturated carbocycles. The molecule has 26 heavy (non-hydrogen) atoms. The summed E-state index contributed by atoms with van der Waals surface area (Å²) in [6.07, 6.45) is 7.63. The SMILES string of the molecule is Cc1cccnc1-c1coc(NC(=O)c2ncnn2-c2ccncc2)n1. The lowest BCUT2D eigenvalue weighted by molar-refractivity contribution is 0.101. The van der Waals surface area contributed by atoms with Crippen molar-refractivity contribution >= 4 is 11.9 Å². The Morgan fingerprint density at radius 2 is 2.00 bits per heavy atom. The van der Waals surface area contributed by atoms with Crippen LogP contribution in [-0.2, 0) is 0 Å². The second kappa shape index (κ2) is 6.55. The lowest BCUT2D eigenvalue weighted by Gasteiger charge is -2.04. The quantitative estimate of drug-likeness (QED) is 0.602. The van der Waals surface area contributed by atoms with Crippen molar-refractivity contribution in [2.75, 3.05) is 5.32 Å². The summed E-state index contributed by atoms with van der Waals surface area (Å²) < 4.78 is 6.74. The number of nitrogens with zero attached hydrogens (tertiary/aromatic N) is 6. The molecule has 0 aliphatic heterocycles. The molecule has 9 nitrogen and oxygen atoms in total. The van der Waals surface area contributed by atoms with Gasteiger partial charge in [0.1, 0.15) is 18.3 Å². The van der Waals surface area contributed by atoms with Crippen LogP contribution in [0.25, 0.3) is 17.1 Å². The first-order chi connectivity index (χ1) is 12.7. The van der Waals surface area contributed by atoms with Crippen LogP contribution in [0, 0.1) is 6.92 Å². The Balaban J connectivity index is 1.57. The van der Waals surface area contributed by atoms with Gasteiger partial charge >= 0.3 is 6.01 Å². The summed E-state index contributed by atoms with van der Waals surface area (Å²) in [6, 6.07) is 7.26. The van der Waals surface area contributed by atoms with E-state index in [2.05, 4.69) is 30.4 Å². The molecule has 0 spiro atoms. The van der Waals surface area contributed by atoms with E-state index in [1.165, 1.54) is 17.3 Å². The van der Waals surface area contributed by atoms with Crippen LogP contribution in [0.15, 0.2) is 59.9 Å². The van der Waals surface area contributed by atoms with Crippen molar-refractivity contribution in [3.63, 3.8) is 0 Å². The van der Waals surface area contributed by atoms with Gasteiger partial charge in [0.05, 0.1) is 11.4 Å². The average Bonchev–Trinajstić information content (AvgIpc) is 3.32. The molecule has 4 aromatic rings. The summed E-state index contributed by atoms with van der Waals surface area (Å²) in [4.78, 5) is 29.0. The van der Waals surface area contributed by atoms with Gasteiger partial charge in [0.15, 0.2) is 0 Å². The van der Waals surface area contributed by atoms with Crippen molar-refractivity contribution in [1.29, 1.82) is 0 Å². The second-order valence-corrected chi connectivity index (χ2v) is 5.36. The van der Waals surface area contributed by atoms with Crippen molar-refractivity contribution in [1.82, 2.24) is 29.7 Å². The third-order valence-corrected chi connectivity index (χ3v) is 3.63. The fraction of sp³-hybridized carbons (Fsp3) is 0.0588. The van der Waals surface area contributed by atoms with E-state index >= 15 is 0 Å². The van der Waals surface area contributed by atoms with Crippen LogP contribution in [0.4, 0.5) is 6.01 Å². The summed E-state index contributed by atoms with van der Waals surface area (Å²) in [5.41, 5.74) is 2.85. The third kappa shape index (κ3) is 2.93. The molecule has 0 aliphatic carbocycles. The first-order valence-electron chi connectivity index (χ1n) is 7.71. The van der Waals surface area contributed by atoms with Gasteiger partial charge in [-0.05, 0) is 30.7 Å². The van der Waals surface area contributed by atoms with Gasteiger partial charge in [0, 0.05) is 18.6 Å². The summed E-state index contributed by atoms with van der Waals surface area (Å²) in [5, 5.41) is 6.65. The van der Waals surface area contributed by atoms with Gasteiger partial charge in [-0.2, -0.15) is 10.1 Å². The molecule has 0 unspecified atom stereocenters. The lowest BCUT2D eigenvalue weighted by atomic mass is 10.2. The van der Waals surface area contributed by atoms with Crippen molar-refractivity contribution in [3.8, 4) is 17.1 Å². The zero-order valence-electron chi connectivity index (χ0n) is 13.7. The van der Waals surface area contributed by atoms with Gasteiger partial charge in [-0.1, -0.05) is 6.07 Å². The molecule has 1 N–H and O–H groups in total. The molecule has 128 valence electrons. The Morgan fingerprint density at radius 3 is 2.81 bits per heavy atom. The van der Waals surface area contributed by atoms with E-state index in [0.717, 1.165) is 5.56 Å². The standard InChI is InChI=1S/C17H13N7O2/c1-11-3-2-6-19-14(11)13-9-26-17(22-13)23-16(25)15-20-10-21-24(15)12-4-7-18-8-5-12/h2-10H,1H3,(H,22,23,25). The normalized spacial score (nSPS) is 10.7. The van der Waals surface area contributed by atoms with E-state index in [-0.39, 0.29) is 11.8 Å². The number of anilines is 1. The predicted octanol–water partition coefficient (Wildman–Crippen LogP) is 2.27. The van der Waals surface area contributed by atoms with Crippen molar-refractivity contribution in [2.45, 2.75) is 6.92 Å². The summed E-state index contributed by atoms with van der Waals surface area (Å²) in [7, 11) is 0. The third-order valence-electron chi connectivity index (χ3n) is 3.63. The number of oxazole rings is 1. The van der Waals surface area contributed by atoms with Crippen LogP contribution < -0.4 is 5.32 Å². The van der Waals surface area contributed by atoms with Crippen LogP contribution >= 0.6 is 0 Å². The monoisotopic (exact) mass is 347 g/mol. The number of nitrogens with one attached hydrogen (secondary N) is 1. The first kappa shape index (κ1) is 15.6. The van der Waals surface area contributed by atoms with Crippen molar-refractivity contribution in [3.05, 3.63) is 66.8 Å². The lowest BCUT2D eigenvalue weighted by Crippen LogP contribution is -2.18. The zero-order chi connectivity index (χ0) is 17.9. The van der Waals surface area contributed by atoms with Gasteiger partial charge in [-0.15, -0.1) is 0 Å². The van der Waals surface area contributed by atoms with E-state index in [9.17, 15) is 4.79 Å². The zero-order valence-corrected chi connectivity index (χ0v) is 13.7. The van der Waals surface area contributed by atoms with E-state index in [1.807, 2.05) is 19.1 Å². The topological polar surface area (TPSA) is 112 Å². The molecule has 0 saturated heterocycles. The molecule has 0 aliphatic rings. The minimum atomic E-state index is -0.495. The highest BCUT2D eigenvalue weighted by molar-refractivity contribution is 6.00. The maximum atomic E-state index is 12.5. The van der Waals surface area contributed by atoms with Gasteiger partial charge in [-0.25, -0.2) is 9.67 Å². The minimum Gasteiger partial charge on any atom is -0.431 e. The number of rotatable bonds is 4. The maximum Gasteiger partial charge on any atom is 0.302 e. The molecular formula is C17H13N7O2. The molecular weight excluding hydrogens is 334 g/mol. The number of hydrogen-bond donors (Lipinski definition) is 1. The Labute approximate surface area is 147 Å². The molecule has 4 rings (SSSR count). The highest BCUT2D eigenvalue weighted by atomic mass is 16.4. The summed E-state index contributed by atoms with van der Waals surface area (Å²) in [5.74, 6) is -0.393. The van der Waals surface area contributed by atoms with E-state index < -0.39 is 5.91 Å². The summed E-state index contributed by atoms with van der Waals surface area (Å²) >= 11 is 0. The van der Waals surface area contributed by atoms with Crippen LogP contribution in [0.1, 0.15) is 16.2 Å². The number of aryl methyl sites for hydroxylation is 1. The number of carbonyl (C=O) groups excluding carboxylic acids is 1. The van der Waals surface area contributed by atoms with E-state index in [4.69, 9.17) is 4.42 Å². The molecule has 1 amide bonds. The number of aromatic nitrogens is 6. The number of hydrogen-bond acceptors (Lipinski definition) is 7. The average molecular weight is 347 g/mol. The Morgan fingerprint density at radius 1 is 1.15 bits per heavy atom. The molecule has 0 aromatic carbocycles. The van der Waals surface area contributed by atoms with Crippen molar-refractivity contribution < 1.29 is 9.21 Å². The van der Waals surface area contributed by atoms with Crippen LogP contribution in [-0.4, -0.2) is 35.6 Å². The molecule has 9 heteroatoms. The highest BCUT2D eigenvalue weighted by Gasteiger charge is 2.18. The van der Waals surface area contributed by atoms with E-state index in [1.54, 1.807) is 30.7 Å². The minimum absolute atomic E-state index is 0.0549. The van der Waals surface area contributed by atoms with Crippen LogP contribution in [0.3, 0.4) is 0 Å². The second-order valence-electron chi connectivity index (χ2n) is 5.36. The van der Waals surface area contributed by atoms with Crippen LogP contribution in [0.5, 0.6) is 0 Å². The predicted molar refractivity (Wildman–Crippen MR) is 91.6 cm³/mol. The number of carbonyl (C=O) groups is 1. The van der Waals surface area contributed by atoms with Gasteiger partial charge in [0.25, 0.3) is 5.91 Å². The highest BCUT2D eigenvalue weighted by Crippen LogP contribution is 2.21. The van der Waals surface area contributed by atoms with Crippen molar-refractivity contribution in [2.24, 2.45) is 0 Å². The van der Waals surface area contributed by atoms with E-state index in [0.29, 0.717) is 17.1 Å². The molecule has 4 aromatic heterocycles. The van der Waals surface area contributed by atoms with Crippen LogP contribution in [0.2, 0.25) is 0 Å². The first-order valence-corrected chi connectivity index (χ1v) is 7.71. The number of amides is 1. The Bertz CT molecular complexity index is 1060. The largest absolute Gasteiger partial charge is 0.431 e. The van der Waals surface area contributed by atoms with Gasteiger partial charge in [0.2, 0.25) is 5.82 Å². The molecule has 0 fully saturated rings. The Hall–Kier alpha value is -3.88. The molecule has 0 radical (unpaired) electrons.